The minimum atomic E-state index is -0.540. The van der Waals surface area contributed by atoms with Gasteiger partial charge in [-0.3, -0.25) is 9.89 Å². The van der Waals surface area contributed by atoms with Gasteiger partial charge in [-0.05, 0) is 32.8 Å². The zero-order chi connectivity index (χ0) is 22.2. The molecule has 31 heavy (non-hydrogen) atoms. The fourth-order valence-electron chi connectivity index (χ4n) is 3.97. The van der Waals surface area contributed by atoms with Gasteiger partial charge in [-0.1, -0.05) is 18.1 Å². The molecule has 2 heterocycles. The molecule has 1 saturated heterocycles. The minimum absolute atomic E-state index is 0.0554. The van der Waals surface area contributed by atoms with Crippen molar-refractivity contribution in [1.29, 1.82) is 0 Å². The molecule has 0 saturated carbocycles. The normalized spacial score (nSPS) is 16.5. The molecule has 0 spiro atoms. The maximum Gasteiger partial charge on any atom is 0.226 e. The van der Waals surface area contributed by atoms with Gasteiger partial charge in [-0.15, -0.1) is 0 Å². The van der Waals surface area contributed by atoms with Crippen LogP contribution in [-0.4, -0.2) is 65.2 Å². The van der Waals surface area contributed by atoms with E-state index >= 15 is 0 Å². The third-order valence-electron chi connectivity index (χ3n) is 5.48. The molecule has 0 aliphatic carbocycles. The fourth-order valence-corrected chi connectivity index (χ4v) is 3.97. The van der Waals surface area contributed by atoms with Crippen molar-refractivity contribution in [3.05, 3.63) is 47.1 Å². The number of guanidine groups is 1. The molecule has 1 atom stereocenters. The summed E-state index contributed by atoms with van der Waals surface area (Å²) in [6, 6.07) is 3.82. The van der Waals surface area contributed by atoms with Crippen molar-refractivity contribution in [2.24, 2.45) is 4.99 Å². The van der Waals surface area contributed by atoms with Crippen LogP contribution in [0, 0.1) is 18.6 Å². The molecular formula is C22H32F2N6O. The maximum atomic E-state index is 14.3. The highest BCUT2D eigenvalue weighted by atomic mass is 19.1. The van der Waals surface area contributed by atoms with Crippen LogP contribution in [0.25, 0.3) is 0 Å². The van der Waals surface area contributed by atoms with Crippen molar-refractivity contribution in [3.8, 4) is 0 Å². The Kier molecular flexibility index (Phi) is 8.34. The van der Waals surface area contributed by atoms with E-state index < -0.39 is 11.6 Å². The number of piperazine rings is 1. The number of nitrogens with one attached hydrogen (secondary N) is 1. The number of benzene rings is 1. The van der Waals surface area contributed by atoms with Crippen molar-refractivity contribution in [3.63, 3.8) is 0 Å². The van der Waals surface area contributed by atoms with Crippen LogP contribution >= 0.6 is 0 Å². The van der Waals surface area contributed by atoms with Crippen LogP contribution in [0.1, 0.15) is 50.0 Å². The predicted molar refractivity (Wildman–Crippen MR) is 116 cm³/mol. The Hall–Kier alpha value is -2.55. The van der Waals surface area contributed by atoms with Gasteiger partial charge >= 0.3 is 0 Å². The average Bonchev–Trinajstić information content (AvgIpc) is 3.18. The number of hydrogen-bond acceptors (Lipinski definition) is 5. The molecule has 1 fully saturated rings. The first-order valence-corrected chi connectivity index (χ1v) is 11.0. The molecule has 1 aliphatic rings. The molecule has 1 aromatic carbocycles. The Morgan fingerprint density at radius 3 is 2.61 bits per heavy atom. The minimum Gasteiger partial charge on any atom is -0.357 e. The highest BCUT2D eigenvalue weighted by molar-refractivity contribution is 5.80. The Bertz CT molecular complexity index is 863. The zero-order valence-electron chi connectivity index (χ0n) is 18.6. The number of rotatable bonds is 8. The highest BCUT2D eigenvalue weighted by Crippen LogP contribution is 2.28. The lowest BCUT2D eigenvalue weighted by atomic mass is 10.0. The smallest absolute Gasteiger partial charge is 0.226 e. The summed E-state index contributed by atoms with van der Waals surface area (Å²) in [5, 5.41) is 7.17. The van der Waals surface area contributed by atoms with Crippen molar-refractivity contribution in [2.45, 2.75) is 46.1 Å². The monoisotopic (exact) mass is 434 g/mol. The van der Waals surface area contributed by atoms with Crippen LogP contribution in [-0.2, 0) is 6.42 Å². The van der Waals surface area contributed by atoms with Gasteiger partial charge in [-0.25, -0.2) is 8.78 Å². The van der Waals surface area contributed by atoms with E-state index in [-0.39, 0.29) is 6.04 Å². The van der Waals surface area contributed by atoms with Gasteiger partial charge in [0, 0.05) is 63.4 Å². The summed E-state index contributed by atoms with van der Waals surface area (Å²) in [5.41, 5.74) is 0.564. The average molecular weight is 435 g/mol. The zero-order valence-corrected chi connectivity index (χ0v) is 18.6. The molecule has 0 amide bonds. The van der Waals surface area contributed by atoms with E-state index in [0.717, 1.165) is 57.6 Å². The summed E-state index contributed by atoms with van der Waals surface area (Å²) in [7, 11) is 0. The number of aromatic nitrogens is 2. The molecule has 2 aromatic rings. The van der Waals surface area contributed by atoms with Gasteiger partial charge in [-0.2, -0.15) is 4.98 Å². The summed E-state index contributed by atoms with van der Waals surface area (Å²) < 4.78 is 32.8. The van der Waals surface area contributed by atoms with Crippen LogP contribution in [0.3, 0.4) is 0 Å². The van der Waals surface area contributed by atoms with Crippen molar-refractivity contribution in [1.82, 2.24) is 25.3 Å². The third-order valence-corrected chi connectivity index (χ3v) is 5.48. The standard InChI is InChI=1S/C22H32F2N6O/c1-4-20(18-9-8-17(23)15-19(18)24)29-11-13-30(14-12-29)22(25-5-2)26-10-6-7-21-27-16(3)28-31-21/h8-9,15,20H,4-7,10-14H2,1-3H3,(H,25,26). The second-order valence-electron chi connectivity index (χ2n) is 7.69. The molecule has 1 aliphatic heterocycles. The number of halogens is 2. The number of nitrogens with zero attached hydrogens (tertiary/aromatic N) is 5. The highest BCUT2D eigenvalue weighted by Gasteiger charge is 2.27. The van der Waals surface area contributed by atoms with Gasteiger partial charge in [0.2, 0.25) is 5.89 Å². The van der Waals surface area contributed by atoms with Crippen LogP contribution in [0.4, 0.5) is 8.78 Å². The number of aliphatic imine (C=N–C) groups is 1. The molecule has 1 N–H and O–H groups in total. The number of aryl methyl sites for hydroxylation is 2. The molecule has 3 rings (SSSR count). The largest absolute Gasteiger partial charge is 0.357 e. The second-order valence-corrected chi connectivity index (χ2v) is 7.69. The van der Waals surface area contributed by atoms with Gasteiger partial charge < -0.3 is 14.7 Å². The van der Waals surface area contributed by atoms with Crippen molar-refractivity contribution < 1.29 is 13.3 Å². The third kappa shape index (κ3) is 6.22. The van der Waals surface area contributed by atoms with Gasteiger partial charge in [0.05, 0.1) is 0 Å². The first kappa shape index (κ1) is 23.1. The quantitative estimate of drug-likeness (QED) is 0.391. The SMILES string of the molecule is CCNC(=NCCCc1nc(C)no1)N1CCN(C(CC)c2ccc(F)cc2F)CC1. The van der Waals surface area contributed by atoms with Crippen LogP contribution < -0.4 is 5.32 Å². The second kappa shape index (κ2) is 11.2. The van der Waals surface area contributed by atoms with Gasteiger partial charge in [0.1, 0.15) is 11.6 Å². The predicted octanol–water partition coefficient (Wildman–Crippen LogP) is 3.32. The Morgan fingerprint density at radius 1 is 1.23 bits per heavy atom. The topological polar surface area (TPSA) is 69.8 Å². The van der Waals surface area contributed by atoms with Crippen LogP contribution in [0.15, 0.2) is 27.7 Å². The summed E-state index contributed by atoms with van der Waals surface area (Å²) in [4.78, 5) is 13.5. The first-order valence-electron chi connectivity index (χ1n) is 11.0. The number of hydrogen-bond donors (Lipinski definition) is 1. The first-order chi connectivity index (χ1) is 15.0. The van der Waals surface area contributed by atoms with E-state index in [1.54, 1.807) is 6.07 Å². The fraction of sp³-hybridized carbons (Fsp3) is 0.591. The summed E-state index contributed by atoms with van der Waals surface area (Å²) in [6.07, 6.45) is 2.31. The van der Waals surface area contributed by atoms with E-state index in [0.29, 0.717) is 30.2 Å². The molecule has 170 valence electrons. The Labute approximate surface area is 182 Å². The van der Waals surface area contributed by atoms with Crippen LogP contribution in [0.2, 0.25) is 0 Å². The van der Waals surface area contributed by atoms with Gasteiger partial charge in [0.25, 0.3) is 0 Å². The van der Waals surface area contributed by atoms with E-state index in [4.69, 9.17) is 9.52 Å². The Balaban J connectivity index is 1.55. The lowest BCUT2D eigenvalue weighted by molar-refractivity contribution is 0.124. The molecule has 9 heteroatoms. The molecule has 1 aromatic heterocycles. The van der Waals surface area contributed by atoms with E-state index in [1.165, 1.54) is 6.07 Å². The molecule has 0 radical (unpaired) electrons. The van der Waals surface area contributed by atoms with Crippen LogP contribution in [0.5, 0.6) is 0 Å². The summed E-state index contributed by atoms with van der Waals surface area (Å²) in [5.74, 6) is 1.17. The lowest BCUT2D eigenvalue weighted by Crippen LogP contribution is -2.53. The lowest BCUT2D eigenvalue weighted by Gasteiger charge is -2.40. The summed E-state index contributed by atoms with van der Waals surface area (Å²) >= 11 is 0. The van der Waals surface area contributed by atoms with E-state index in [2.05, 4.69) is 32.2 Å². The van der Waals surface area contributed by atoms with Crippen molar-refractivity contribution >= 4 is 5.96 Å². The summed E-state index contributed by atoms with van der Waals surface area (Å²) in [6.45, 7) is 10.5. The Morgan fingerprint density at radius 2 is 2.00 bits per heavy atom. The molecule has 0 bridgehead atoms. The van der Waals surface area contributed by atoms with E-state index in [1.807, 2.05) is 13.8 Å². The molecule has 1 unspecified atom stereocenters. The van der Waals surface area contributed by atoms with Gasteiger partial charge in [0.15, 0.2) is 11.8 Å². The maximum absolute atomic E-state index is 14.3. The van der Waals surface area contributed by atoms with Crippen molar-refractivity contribution in [2.75, 3.05) is 39.3 Å². The van der Waals surface area contributed by atoms with E-state index in [9.17, 15) is 8.78 Å². The molecular weight excluding hydrogens is 402 g/mol. The molecule has 7 nitrogen and oxygen atoms in total.